The molecule has 0 aliphatic carbocycles. The van der Waals surface area contributed by atoms with Crippen LogP contribution in [0.4, 0.5) is 4.79 Å². The van der Waals surface area contributed by atoms with E-state index in [-0.39, 0.29) is 12.1 Å². The van der Waals surface area contributed by atoms with Gasteiger partial charge in [0.05, 0.1) is 0 Å². The maximum atomic E-state index is 12.5. The standard InChI is InChI=1S/C17H21N3OS/c21-17(18-16-9-13-1-5-19(11-16)6-2-13)20-7-3-14(10-20)15-4-8-22-12-15/h3-4,7-8,10,12-13,16H,1-2,5-6,9,11H2,(H,18,21). The van der Waals surface area contributed by atoms with Gasteiger partial charge in [0.15, 0.2) is 0 Å². The number of rotatable bonds is 2. The highest BCUT2D eigenvalue weighted by molar-refractivity contribution is 7.08. The van der Waals surface area contributed by atoms with Crippen molar-refractivity contribution in [1.82, 2.24) is 14.8 Å². The fourth-order valence-corrected chi connectivity index (χ4v) is 4.33. The van der Waals surface area contributed by atoms with Crippen molar-refractivity contribution < 1.29 is 4.79 Å². The van der Waals surface area contributed by atoms with Crippen molar-refractivity contribution in [1.29, 1.82) is 0 Å². The van der Waals surface area contributed by atoms with E-state index in [1.54, 1.807) is 15.9 Å². The number of thiophene rings is 1. The number of aromatic nitrogens is 1. The van der Waals surface area contributed by atoms with E-state index in [4.69, 9.17) is 0 Å². The van der Waals surface area contributed by atoms with Gasteiger partial charge in [-0.25, -0.2) is 4.79 Å². The van der Waals surface area contributed by atoms with Gasteiger partial charge in [0, 0.05) is 30.5 Å². The molecule has 5 heterocycles. The zero-order chi connectivity index (χ0) is 14.9. The van der Waals surface area contributed by atoms with Gasteiger partial charge in [-0.05, 0) is 66.7 Å². The van der Waals surface area contributed by atoms with Gasteiger partial charge in [0.1, 0.15) is 0 Å². The van der Waals surface area contributed by atoms with Crippen LogP contribution in [0.25, 0.3) is 11.1 Å². The van der Waals surface area contributed by atoms with E-state index in [9.17, 15) is 4.79 Å². The first kappa shape index (κ1) is 14.0. The van der Waals surface area contributed by atoms with Crippen molar-refractivity contribution in [2.24, 2.45) is 5.92 Å². The molecule has 1 unspecified atom stereocenters. The Morgan fingerprint density at radius 3 is 2.86 bits per heavy atom. The minimum absolute atomic E-state index is 0.00557. The number of nitrogens with one attached hydrogen (secondary N) is 1. The molecule has 22 heavy (non-hydrogen) atoms. The van der Waals surface area contributed by atoms with Crippen molar-refractivity contribution >= 4 is 17.4 Å². The van der Waals surface area contributed by atoms with Gasteiger partial charge in [0.2, 0.25) is 0 Å². The minimum atomic E-state index is -0.00557. The number of amides is 1. The lowest BCUT2D eigenvalue weighted by molar-refractivity contribution is 0.217. The molecule has 1 N–H and O–H groups in total. The minimum Gasteiger partial charge on any atom is -0.333 e. The first-order valence-electron chi connectivity index (χ1n) is 8.02. The van der Waals surface area contributed by atoms with Crippen molar-refractivity contribution in [3.8, 4) is 11.1 Å². The second-order valence-corrected chi connectivity index (χ2v) is 7.23. The summed E-state index contributed by atoms with van der Waals surface area (Å²) < 4.78 is 1.68. The maximum Gasteiger partial charge on any atom is 0.325 e. The molecular weight excluding hydrogens is 294 g/mol. The van der Waals surface area contributed by atoms with Crippen molar-refractivity contribution in [3.63, 3.8) is 0 Å². The summed E-state index contributed by atoms with van der Waals surface area (Å²) in [5.41, 5.74) is 2.27. The molecule has 2 aromatic heterocycles. The lowest BCUT2D eigenvalue weighted by Gasteiger charge is -2.26. The lowest BCUT2D eigenvalue weighted by Crippen LogP contribution is -2.43. The fourth-order valence-electron chi connectivity index (χ4n) is 3.67. The number of carbonyl (C=O) groups excluding carboxylic acids is 1. The molecule has 5 heteroatoms. The van der Waals surface area contributed by atoms with Crippen LogP contribution >= 0.6 is 11.3 Å². The van der Waals surface area contributed by atoms with Gasteiger partial charge in [-0.3, -0.25) is 4.57 Å². The van der Waals surface area contributed by atoms with Crippen LogP contribution < -0.4 is 5.32 Å². The molecule has 0 radical (unpaired) electrons. The Balaban J connectivity index is 1.44. The highest BCUT2D eigenvalue weighted by Crippen LogP contribution is 2.27. The number of hydrogen-bond donors (Lipinski definition) is 1. The highest BCUT2D eigenvalue weighted by Gasteiger charge is 2.29. The van der Waals surface area contributed by atoms with Crippen LogP contribution in [0.2, 0.25) is 0 Å². The van der Waals surface area contributed by atoms with E-state index in [0.29, 0.717) is 0 Å². The summed E-state index contributed by atoms with van der Waals surface area (Å²) in [4.78, 5) is 15.0. The summed E-state index contributed by atoms with van der Waals surface area (Å²) in [5.74, 6) is 0.787. The second-order valence-electron chi connectivity index (χ2n) is 6.45. The van der Waals surface area contributed by atoms with Gasteiger partial charge in [-0.1, -0.05) is 0 Å². The summed E-state index contributed by atoms with van der Waals surface area (Å²) in [7, 11) is 0. The Morgan fingerprint density at radius 2 is 2.09 bits per heavy atom. The van der Waals surface area contributed by atoms with Gasteiger partial charge < -0.3 is 10.2 Å². The summed E-state index contributed by atoms with van der Waals surface area (Å²) in [6.45, 7) is 3.40. The monoisotopic (exact) mass is 315 g/mol. The Hall–Kier alpha value is -1.59. The molecule has 3 fully saturated rings. The first-order chi connectivity index (χ1) is 10.8. The van der Waals surface area contributed by atoms with Crippen LogP contribution in [0, 0.1) is 5.92 Å². The molecule has 1 amide bonds. The summed E-state index contributed by atoms with van der Waals surface area (Å²) in [5, 5.41) is 7.38. The predicted octanol–water partition coefficient (Wildman–Crippen LogP) is 3.26. The maximum absolute atomic E-state index is 12.5. The Labute approximate surface area is 134 Å². The largest absolute Gasteiger partial charge is 0.333 e. The molecule has 2 bridgehead atoms. The Kier molecular flexibility index (Phi) is 3.76. The van der Waals surface area contributed by atoms with E-state index in [2.05, 4.69) is 27.0 Å². The van der Waals surface area contributed by atoms with Crippen LogP contribution in [-0.2, 0) is 0 Å². The van der Waals surface area contributed by atoms with E-state index >= 15 is 0 Å². The third kappa shape index (κ3) is 2.83. The summed E-state index contributed by atoms with van der Waals surface area (Å²) >= 11 is 1.67. The van der Waals surface area contributed by atoms with Crippen LogP contribution in [0.5, 0.6) is 0 Å². The lowest BCUT2D eigenvalue weighted by atomic mass is 9.94. The highest BCUT2D eigenvalue weighted by atomic mass is 32.1. The molecule has 4 nitrogen and oxygen atoms in total. The molecule has 2 aromatic rings. The van der Waals surface area contributed by atoms with Gasteiger partial charge in [-0.2, -0.15) is 11.3 Å². The fraction of sp³-hybridized carbons (Fsp3) is 0.471. The zero-order valence-corrected chi connectivity index (χ0v) is 13.4. The number of piperidine rings is 1. The van der Waals surface area contributed by atoms with Crippen molar-refractivity contribution in [2.45, 2.75) is 25.3 Å². The molecule has 3 saturated heterocycles. The van der Waals surface area contributed by atoms with E-state index in [0.717, 1.165) is 24.4 Å². The van der Waals surface area contributed by atoms with Crippen LogP contribution in [0.15, 0.2) is 35.3 Å². The number of nitrogens with zero attached hydrogens (tertiary/aromatic N) is 2. The van der Waals surface area contributed by atoms with Gasteiger partial charge in [-0.15, -0.1) is 0 Å². The molecule has 116 valence electrons. The second kappa shape index (κ2) is 5.89. The number of fused-ring (bicyclic) bond motifs is 4. The molecule has 0 aromatic carbocycles. The molecule has 5 rings (SSSR count). The van der Waals surface area contributed by atoms with Crippen LogP contribution in [0.1, 0.15) is 19.3 Å². The topological polar surface area (TPSA) is 37.3 Å². The number of hydrogen-bond acceptors (Lipinski definition) is 3. The Morgan fingerprint density at radius 1 is 1.23 bits per heavy atom. The van der Waals surface area contributed by atoms with E-state index in [1.807, 2.05) is 18.5 Å². The normalized spacial score (nSPS) is 27.5. The summed E-state index contributed by atoms with van der Waals surface area (Å²) in [6.07, 6.45) is 7.48. The van der Waals surface area contributed by atoms with Crippen LogP contribution in [0.3, 0.4) is 0 Å². The zero-order valence-electron chi connectivity index (χ0n) is 12.6. The quantitative estimate of drug-likeness (QED) is 0.923. The van der Waals surface area contributed by atoms with Crippen molar-refractivity contribution in [2.75, 3.05) is 19.6 Å². The smallest absolute Gasteiger partial charge is 0.325 e. The number of carbonyl (C=O) groups is 1. The predicted molar refractivity (Wildman–Crippen MR) is 89.2 cm³/mol. The third-order valence-corrected chi connectivity index (χ3v) is 5.60. The van der Waals surface area contributed by atoms with Gasteiger partial charge >= 0.3 is 6.03 Å². The van der Waals surface area contributed by atoms with Crippen LogP contribution in [-0.4, -0.2) is 41.2 Å². The third-order valence-electron chi connectivity index (χ3n) is 4.91. The molecule has 0 spiro atoms. The van der Waals surface area contributed by atoms with Gasteiger partial charge in [0.25, 0.3) is 0 Å². The average molecular weight is 315 g/mol. The molecule has 1 atom stereocenters. The summed E-state index contributed by atoms with van der Waals surface area (Å²) in [6, 6.07) is 4.36. The Bertz CT molecular complexity index is 627. The SMILES string of the molecule is O=C(NC1CC2CCN(CC2)C1)n1ccc(-c2ccsc2)c1. The molecule has 3 aliphatic rings. The molecule has 3 aliphatic heterocycles. The first-order valence-corrected chi connectivity index (χ1v) is 8.96. The van der Waals surface area contributed by atoms with E-state index < -0.39 is 0 Å². The van der Waals surface area contributed by atoms with E-state index in [1.165, 1.54) is 31.5 Å². The molecular formula is C17H21N3OS. The molecule has 0 saturated carbocycles. The van der Waals surface area contributed by atoms with Crippen molar-refractivity contribution in [3.05, 3.63) is 35.3 Å². The average Bonchev–Trinajstić information content (AvgIpc) is 3.13.